The number of methoxy groups -OCH3 is 1. The molecule has 99 valence electrons. The van der Waals surface area contributed by atoms with Gasteiger partial charge in [-0.2, -0.15) is 0 Å². The minimum absolute atomic E-state index is 0.228. The van der Waals surface area contributed by atoms with Gasteiger partial charge in [0.15, 0.2) is 0 Å². The molecule has 0 aromatic heterocycles. The highest BCUT2D eigenvalue weighted by atomic mass is 16.5. The summed E-state index contributed by atoms with van der Waals surface area (Å²) in [6, 6.07) is 0. The van der Waals surface area contributed by atoms with E-state index in [4.69, 9.17) is 4.74 Å². The summed E-state index contributed by atoms with van der Waals surface area (Å²) in [6.45, 7) is 9.40. The molecule has 0 aromatic rings. The molecule has 1 saturated carbocycles. The molecule has 1 aliphatic rings. The fourth-order valence-electron chi connectivity index (χ4n) is 2.98. The third-order valence-corrected chi connectivity index (χ3v) is 3.87. The van der Waals surface area contributed by atoms with Crippen LogP contribution < -0.4 is 0 Å². The molecule has 17 heavy (non-hydrogen) atoms. The zero-order chi connectivity index (χ0) is 13.0. The van der Waals surface area contributed by atoms with E-state index in [2.05, 4.69) is 27.7 Å². The standard InChI is InChI=1S/C15H27O2/c1-10(2)6-15(16)14-8-11(3)7-13(9-17-5)12(14)4/h10-12,14H,6-9H2,1-5H3. The molecular formula is C15H27O2. The maximum Gasteiger partial charge on any atom is 0.136 e. The van der Waals surface area contributed by atoms with E-state index in [1.165, 1.54) is 5.92 Å². The van der Waals surface area contributed by atoms with Crippen molar-refractivity contribution in [2.24, 2.45) is 23.7 Å². The fourth-order valence-corrected chi connectivity index (χ4v) is 2.98. The number of hydrogen-bond acceptors (Lipinski definition) is 2. The molecule has 1 rings (SSSR count). The fraction of sp³-hybridized carbons (Fsp3) is 0.867. The Balaban J connectivity index is 2.66. The van der Waals surface area contributed by atoms with Crippen LogP contribution in [0.4, 0.5) is 0 Å². The molecule has 0 amide bonds. The molecule has 3 atom stereocenters. The lowest BCUT2D eigenvalue weighted by Gasteiger charge is -2.38. The number of ether oxygens (including phenoxy) is 1. The SMILES string of the molecule is COC[C]1CC(C)CC(C(=O)CC(C)C)C1C. The highest BCUT2D eigenvalue weighted by Gasteiger charge is 2.37. The molecule has 0 N–H and O–H groups in total. The monoisotopic (exact) mass is 239 g/mol. The van der Waals surface area contributed by atoms with E-state index in [0.717, 1.165) is 25.9 Å². The zero-order valence-corrected chi connectivity index (χ0v) is 12.0. The zero-order valence-electron chi connectivity index (χ0n) is 12.0. The van der Waals surface area contributed by atoms with Crippen molar-refractivity contribution < 1.29 is 9.53 Å². The van der Waals surface area contributed by atoms with E-state index in [1.54, 1.807) is 7.11 Å². The highest BCUT2D eigenvalue weighted by Crippen LogP contribution is 2.40. The molecule has 0 heterocycles. The summed E-state index contributed by atoms with van der Waals surface area (Å²) in [5.74, 6) is 3.60. The minimum Gasteiger partial charge on any atom is -0.384 e. The molecule has 1 fully saturated rings. The molecule has 0 bridgehead atoms. The smallest absolute Gasteiger partial charge is 0.136 e. The largest absolute Gasteiger partial charge is 0.384 e. The first-order valence-electron chi connectivity index (χ1n) is 6.81. The van der Waals surface area contributed by atoms with Crippen molar-refractivity contribution in [3.8, 4) is 0 Å². The summed E-state index contributed by atoms with van der Waals surface area (Å²) in [5.41, 5.74) is 0. The first kappa shape index (κ1) is 14.7. The number of carbonyl (C=O) groups excluding carboxylic acids is 1. The Kier molecular flexibility index (Phi) is 5.64. The number of carbonyl (C=O) groups is 1. The molecule has 0 saturated heterocycles. The third-order valence-electron chi connectivity index (χ3n) is 3.87. The minimum atomic E-state index is 0.228. The lowest BCUT2D eigenvalue weighted by Crippen LogP contribution is -2.36. The van der Waals surface area contributed by atoms with Crippen LogP contribution in [0, 0.1) is 29.6 Å². The van der Waals surface area contributed by atoms with E-state index in [1.807, 2.05) is 0 Å². The Bertz CT molecular complexity index is 247. The van der Waals surface area contributed by atoms with Crippen LogP contribution in [0.2, 0.25) is 0 Å². The van der Waals surface area contributed by atoms with Crippen LogP contribution in [0.1, 0.15) is 47.0 Å². The van der Waals surface area contributed by atoms with Crippen molar-refractivity contribution in [3.05, 3.63) is 5.92 Å². The second-order valence-corrected chi connectivity index (χ2v) is 6.10. The summed E-state index contributed by atoms with van der Waals surface area (Å²) >= 11 is 0. The normalized spacial score (nSPS) is 30.8. The number of ketones is 1. The summed E-state index contributed by atoms with van der Waals surface area (Å²) < 4.78 is 5.26. The summed E-state index contributed by atoms with van der Waals surface area (Å²) in [6.07, 6.45) is 2.91. The molecule has 0 aromatic carbocycles. The Morgan fingerprint density at radius 2 is 2.06 bits per heavy atom. The number of Topliss-reactive ketones (excluding diaryl/α,β-unsaturated/α-hetero) is 1. The van der Waals surface area contributed by atoms with Gasteiger partial charge in [-0.25, -0.2) is 0 Å². The number of hydrogen-bond donors (Lipinski definition) is 0. The van der Waals surface area contributed by atoms with Crippen LogP contribution in [0.5, 0.6) is 0 Å². The quantitative estimate of drug-likeness (QED) is 0.734. The maximum absolute atomic E-state index is 12.3. The predicted octanol–water partition coefficient (Wildman–Crippen LogP) is 3.50. The van der Waals surface area contributed by atoms with Gasteiger partial charge >= 0.3 is 0 Å². The van der Waals surface area contributed by atoms with E-state index >= 15 is 0 Å². The Morgan fingerprint density at radius 3 is 2.59 bits per heavy atom. The van der Waals surface area contributed by atoms with Gasteiger partial charge < -0.3 is 4.74 Å². The molecule has 2 nitrogen and oxygen atoms in total. The van der Waals surface area contributed by atoms with E-state index in [0.29, 0.717) is 23.5 Å². The van der Waals surface area contributed by atoms with Crippen molar-refractivity contribution >= 4 is 5.78 Å². The van der Waals surface area contributed by atoms with Crippen LogP contribution >= 0.6 is 0 Å². The van der Waals surface area contributed by atoms with Gasteiger partial charge in [-0.15, -0.1) is 0 Å². The predicted molar refractivity (Wildman–Crippen MR) is 70.6 cm³/mol. The lowest BCUT2D eigenvalue weighted by atomic mass is 9.67. The van der Waals surface area contributed by atoms with Gasteiger partial charge in [0, 0.05) is 25.4 Å². The van der Waals surface area contributed by atoms with Crippen molar-refractivity contribution in [1.29, 1.82) is 0 Å². The maximum atomic E-state index is 12.3. The van der Waals surface area contributed by atoms with Crippen LogP contribution in [-0.4, -0.2) is 19.5 Å². The van der Waals surface area contributed by atoms with Gasteiger partial charge in [0.25, 0.3) is 0 Å². The Labute approximate surface area is 106 Å². The summed E-state index contributed by atoms with van der Waals surface area (Å²) in [5, 5.41) is 0. The van der Waals surface area contributed by atoms with E-state index in [9.17, 15) is 4.79 Å². The van der Waals surface area contributed by atoms with Crippen LogP contribution in [-0.2, 0) is 9.53 Å². The highest BCUT2D eigenvalue weighted by molar-refractivity contribution is 5.81. The van der Waals surface area contributed by atoms with Crippen LogP contribution in [0.3, 0.4) is 0 Å². The lowest BCUT2D eigenvalue weighted by molar-refractivity contribution is -0.126. The molecule has 0 aliphatic heterocycles. The van der Waals surface area contributed by atoms with Gasteiger partial charge in [0.05, 0.1) is 6.61 Å². The second-order valence-electron chi connectivity index (χ2n) is 6.10. The molecular weight excluding hydrogens is 212 g/mol. The molecule has 0 spiro atoms. The third kappa shape index (κ3) is 4.09. The molecule has 2 heteroatoms. The van der Waals surface area contributed by atoms with Gasteiger partial charge in [-0.05, 0) is 30.6 Å². The first-order chi connectivity index (χ1) is 7.95. The van der Waals surface area contributed by atoms with Gasteiger partial charge in [0.2, 0.25) is 0 Å². The molecule has 1 radical (unpaired) electrons. The molecule has 3 unspecified atom stereocenters. The average Bonchev–Trinajstić information content (AvgIpc) is 2.22. The van der Waals surface area contributed by atoms with Crippen molar-refractivity contribution in [2.45, 2.75) is 47.0 Å². The van der Waals surface area contributed by atoms with Gasteiger partial charge in [-0.1, -0.05) is 27.7 Å². The van der Waals surface area contributed by atoms with Crippen LogP contribution in [0.15, 0.2) is 0 Å². The van der Waals surface area contributed by atoms with Gasteiger partial charge in [-0.3, -0.25) is 4.79 Å². The number of rotatable bonds is 5. The molecule has 1 aliphatic carbocycles. The van der Waals surface area contributed by atoms with E-state index in [-0.39, 0.29) is 5.92 Å². The Morgan fingerprint density at radius 1 is 1.41 bits per heavy atom. The Hall–Kier alpha value is -0.370. The topological polar surface area (TPSA) is 26.3 Å². The van der Waals surface area contributed by atoms with Crippen LogP contribution in [0.25, 0.3) is 0 Å². The van der Waals surface area contributed by atoms with Crippen molar-refractivity contribution in [1.82, 2.24) is 0 Å². The van der Waals surface area contributed by atoms with Crippen molar-refractivity contribution in [3.63, 3.8) is 0 Å². The second kappa shape index (κ2) is 6.53. The average molecular weight is 239 g/mol. The summed E-state index contributed by atoms with van der Waals surface area (Å²) in [7, 11) is 1.74. The van der Waals surface area contributed by atoms with Crippen molar-refractivity contribution in [2.75, 3.05) is 13.7 Å². The summed E-state index contributed by atoms with van der Waals surface area (Å²) in [4.78, 5) is 12.3. The van der Waals surface area contributed by atoms with E-state index < -0.39 is 0 Å². The van der Waals surface area contributed by atoms with Gasteiger partial charge in [0.1, 0.15) is 5.78 Å². The first-order valence-corrected chi connectivity index (χ1v) is 6.81.